The molecule has 1 fully saturated rings. The van der Waals surface area contributed by atoms with Crippen molar-refractivity contribution in [2.45, 2.75) is 24.7 Å². The van der Waals surface area contributed by atoms with Crippen molar-refractivity contribution in [3.63, 3.8) is 0 Å². The van der Waals surface area contributed by atoms with Gasteiger partial charge < -0.3 is 15.2 Å². The first-order valence-corrected chi connectivity index (χ1v) is 8.11. The van der Waals surface area contributed by atoms with Crippen LogP contribution in [0.3, 0.4) is 0 Å². The molecule has 0 aromatic heterocycles. The van der Waals surface area contributed by atoms with Crippen LogP contribution in [-0.2, 0) is 20.5 Å². The summed E-state index contributed by atoms with van der Waals surface area (Å²) in [5, 5.41) is 0. The maximum absolute atomic E-state index is 11.6. The van der Waals surface area contributed by atoms with Crippen molar-refractivity contribution in [2.24, 2.45) is 10.1 Å². The lowest BCUT2D eigenvalue weighted by Crippen LogP contribution is -2.29. The van der Waals surface area contributed by atoms with Crippen LogP contribution in [0.25, 0.3) is 0 Å². The van der Waals surface area contributed by atoms with Crippen LogP contribution in [0, 0.1) is 0 Å². The molecule has 0 amide bonds. The summed E-state index contributed by atoms with van der Waals surface area (Å²) in [4.78, 5) is 0. The number of nitrogens with two attached hydrogens (primary N) is 1. The molecule has 0 aliphatic carbocycles. The summed E-state index contributed by atoms with van der Waals surface area (Å²) >= 11 is 0. The van der Waals surface area contributed by atoms with Crippen LogP contribution in [0.2, 0.25) is 0 Å². The number of sulfonamides is 1. The van der Waals surface area contributed by atoms with Gasteiger partial charge in [-0.3, -0.25) is 0 Å². The average Bonchev–Trinajstić information content (AvgIpc) is 2.38. The van der Waals surface area contributed by atoms with E-state index < -0.39 is 10.0 Å². The summed E-state index contributed by atoms with van der Waals surface area (Å²) in [5.74, 6) is 0.480. The number of hydrogen-bond acceptors (Lipinski definition) is 5. The van der Waals surface area contributed by atoms with E-state index in [0.29, 0.717) is 30.1 Å². The summed E-state index contributed by atoms with van der Waals surface area (Å²) in [6, 6.07) is 5.32. The Balaban J connectivity index is 1.94. The highest BCUT2D eigenvalue weighted by molar-refractivity contribution is 7.89. The molecular formula is C13H16N2O4S. The van der Waals surface area contributed by atoms with Crippen molar-refractivity contribution in [2.75, 3.05) is 13.2 Å². The highest BCUT2D eigenvalue weighted by atomic mass is 32.2. The third-order valence-electron chi connectivity index (χ3n) is 3.41. The fourth-order valence-corrected chi connectivity index (χ4v) is 3.57. The number of amidine groups is 1. The largest absolute Gasteiger partial charge is 0.489 e. The Kier molecular flexibility index (Phi) is 3.39. The quantitative estimate of drug-likeness (QED) is 0.871. The second-order valence-corrected chi connectivity index (χ2v) is 6.56. The molecule has 2 aliphatic heterocycles. The molecule has 0 spiro atoms. The van der Waals surface area contributed by atoms with Gasteiger partial charge in [-0.1, -0.05) is 12.1 Å². The monoisotopic (exact) mass is 296 g/mol. The minimum absolute atomic E-state index is 0.00825. The van der Waals surface area contributed by atoms with Crippen LogP contribution in [0.5, 0.6) is 5.75 Å². The van der Waals surface area contributed by atoms with Gasteiger partial charge >= 0.3 is 0 Å². The molecule has 0 radical (unpaired) electrons. The van der Waals surface area contributed by atoms with Gasteiger partial charge in [0.2, 0.25) is 0 Å². The molecule has 2 heterocycles. The molecular weight excluding hydrogens is 280 g/mol. The zero-order chi connectivity index (χ0) is 14.2. The molecule has 7 heteroatoms. The van der Waals surface area contributed by atoms with Crippen molar-refractivity contribution in [1.29, 1.82) is 0 Å². The average molecular weight is 296 g/mol. The highest BCUT2D eigenvalue weighted by Crippen LogP contribution is 2.29. The molecule has 1 saturated heterocycles. The fourth-order valence-electron chi connectivity index (χ4n) is 2.48. The van der Waals surface area contributed by atoms with E-state index in [-0.39, 0.29) is 17.7 Å². The van der Waals surface area contributed by atoms with E-state index in [1.54, 1.807) is 18.2 Å². The van der Waals surface area contributed by atoms with E-state index in [1.165, 1.54) is 0 Å². The third kappa shape index (κ3) is 2.64. The van der Waals surface area contributed by atoms with Gasteiger partial charge in [0.25, 0.3) is 10.0 Å². The molecule has 20 heavy (non-hydrogen) atoms. The Morgan fingerprint density at radius 3 is 2.80 bits per heavy atom. The van der Waals surface area contributed by atoms with E-state index in [4.69, 9.17) is 15.2 Å². The van der Waals surface area contributed by atoms with Crippen LogP contribution in [-0.4, -0.2) is 33.6 Å². The lowest BCUT2D eigenvalue weighted by atomic mass is 10.1. The number of hydrogen-bond donors (Lipinski definition) is 1. The van der Waals surface area contributed by atoms with Crippen LogP contribution >= 0.6 is 0 Å². The Labute approximate surface area is 117 Å². The third-order valence-corrected chi connectivity index (χ3v) is 4.56. The van der Waals surface area contributed by atoms with E-state index in [0.717, 1.165) is 12.8 Å². The van der Waals surface area contributed by atoms with Gasteiger partial charge in [-0.25, -0.2) is 8.42 Å². The number of fused-ring (bicyclic) bond motifs is 1. The first-order chi connectivity index (χ1) is 9.55. The molecule has 3 rings (SSSR count). The predicted octanol–water partition coefficient (Wildman–Crippen LogP) is 0.793. The van der Waals surface area contributed by atoms with Gasteiger partial charge in [0.1, 0.15) is 17.7 Å². The number of ether oxygens (including phenoxy) is 2. The lowest BCUT2D eigenvalue weighted by Gasteiger charge is -2.25. The van der Waals surface area contributed by atoms with Gasteiger partial charge in [-0.05, 0) is 11.6 Å². The van der Waals surface area contributed by atoms with Gasteiger partial charge in [-0.15, -0.1) is 4.40 Å². The van der Waals surface area contributed by atoms with E-state index in [2.05, 4.69) is 4.40 Å². The zero-order valence-corrected chi connectivity index (χ0v) is 11.7. The maximum atomic E-state index is 11.6. The Morgan fingerprint density at radius 2 is 2.05 bits per heavy atom. The second kappa shape index (κ2) is 5.06. The minimum atomic E-state index is -3.51. The molecule has 2 N–H and O–H groups in total. The van der Waals surface area contributed by atoms with Crippen LogP contribution in [0.4, 0.5) is 0 Å². The number of nitrogens with zero attached hydrogens (tertiary/aromatic N) is 1. The molecule has 1 aromatic rings. The van der Waals surface area contributed by atoms with Gasteiger partial charge in [-0.2, -0.15) is 0 Å². The van der Waals surface area contributed by atoms with Gasteiger partial charge in [0.05, 0.1) is 24.5 Å². The number of rotatable bonds is 2. The molecule has 0 bridgehead atoms. The molecule has 0 unspecified atom stereocenters. The van der Waals surface area contributed by atoms with Crippen molar-refractivity contribution >= 4 is 15.9 Å². The molecule has 6 nitrogen and oxygen atoms in total. The summed E-state index contributed by atoms with van der Waals surface area (Å²) < 4.78 is 38.0. The van der Waals surface area contributed by atoms with Gasteiger partial charge in [0.15, 0.2) is 0 Å². The maximum Gasteiger partial charge on any atom is 0.259 e. The molecule has 108 valence electrons. The lowest BCUT2D eigenvalue weighted by molar-refractivity contribution is 0.0255. The van der Waals surface area contributed by atoms with E-state index in [1.807, 2.05) is 0 Å². The van der Waals surface area contributed by atoms with Crippen molar-refractivity contribution in [3.8, 4) is 5.75 Å². The second-order valence-electron chi connectivity index (χ2n) is 4.92. The highest BCUT2D eigenvalue weighted by Gasteiger charge is 2.26. The first-order valence-electron chi connectivity index (χ1n) is 6.50. The van der Waals surface area contributed by atoms with Crippen molar-refractivity contribution in [1.82, 2.24) is 0 Å². The molecule has 2 aliphatic rings. The normalized spacial score (nSPS) is 21.9. The van der Waals surface area contributed by atoms with E-state index in [9.17, 15) is 8.42 Å². The first kappa shape index (κ1) is 13.4. The molecule has 0 saturated carbocycles. The fraction of sp³-hybridized carbons (Fsp3) is 0.462. The van der Waals surface area contributed by atoms with Crippen LogP contribution in [0.1, 0.15) is 24.0 Å². The Bertz CT molecular complexity index is 648. The predicted molar refractivity (Wildman–Crippen MR) is 74.3 cm³/mol. The molecule has 1 aromatic carbocycles. The summed E-state index contributed by atoms with van der Waals surface area (Å²) in [7, 11) is -3.51. The van der Waals surface area contributed by atoms with Crippen molar-refractivity contribution < 1.29 is 17.9 Å². The Hall–Kier alpha value is -1.60. The molecule has 0 atom stereocenters. The minimum Gasteiger partial charge on any atom is -0.489 e. The standard InChI is InChI=1S/C13H16N2O4S/c14-13-12-9(8-20(16,17)15-13)2-1-3-11(12)19-10-4-6-18-7-5-10/h1-3,10H,4-8H2,(H2,14,15). The van der Waals surface area contributed by atoms with Crippen LogP contribution < -0.4 is 10.5 Å². The topological polar surface area (TPSA) is 91.0 Å². The SMILES string of the molecule is NC1=NS(=O)(=O)Cc2cccc(OC3CCOCC3)c21. The van der Waals surface area contributed by atoms with Crippen LogP contribution in [0.15, 0.2) is 22.6 Å². The van der Waals surface area contributed by atoms with Gasteiger partial charge in [0, 0.05) is 12.8 Å². The summed E-state index contributed by atoms with van der Waals surface area (Å²) in [6.07, 6.45) is 1.71. The smallest absolute Gasteiger partial charge is 0.259 e. The van der Waals surface area contributed by atoms with E-state index >= 15 is 0 Å². The summed E-state index contributed by atoms with van der Waals surface area (Å²) in [6.45, 7) is 1.36. The summed E-state index contributed by atoms with van der Waals surface area (Å²) in [5.41, 5.74) is 7.04. The number of benzene rings is 1. The van der Waals surface area contributed by atoms with Crippen molar-refractivity contribution in [3.05, 3.63) is 29.3 Å². The zero-order valence-electron chi connectivity index (χ0n) is 10.9. The Morgan fingerprint density at radius 1 is 1.30 bits per heavy atom.